The van der Waals surface area contributed by atoms with Gasteiger partial charge in [0.15, 0.2) is 0 Å². The zero-order valence-electron chi connectivity index (χ0n) is 12.6. The quantitative estimate of drug-likeness (QED) is 0.910. The number of benzene rings is 1. The Morgan fingerprint density at radius 3 is 3.05 bits per heavy atom. The third-order valence-electron chi connectivity index (χ3n) is 4.14. The Morgan fingerprint density at radius 2 is 2.27 bits per heavy atom. The number of amides is 1. The Balaban J connectivity index is 1.65. The molecule has 1 amide bonds. The molecule has 1 aromatic carbocycles. The van der Waals surface area contributed by atoms with Gasteiger partial charge in [-0.3, -0.25) is 4.79 Å². The molecule has 22 heavy (non-hydrogen) atoms. The number of thiazole rings is 1. The lowest BCUT2D eigenvalue weighted by molar-refractivity contribution is -0.122. The van der Waals surface area contributed by atoms with Gasteiger partial charge in [0.1, 0.15) is 5.60 Å². The van der Waals surface area contributed by atoms with Crippen LogP contribution in [0, 0.1) is 6.92 Å². The lowest BCUT2D eigenvalue weighted by Gasteiger charge is -2.34. The molecule has 0 saturated carbocycles. The van der Waals surface area contributed by atoms with Gasteiger partial charge in [-0.05, 0) is 37.3 Å². The van der Waals surface area contributed by atoms with E-state index in [-0.39, 0.29) is 18.9 Å². The lowest BCUT2D eigenvalue weighted by Crippen LogP contribution is -2.43. The Morgan fingerprint density at radius 1 is 1.45 bits per heavy atom. The summed E-state index contributed by atoms with van der Waals surface area (Å²) < 4.78 is 0. The summed E-state index contributed by atoms with van der Waals surface area (Å²) >= 11 is 1.54. The SMILES string of the molecule is Cc1nc(CC(=O)NCC2(O)CCCc3ccccc32)cs1. The predicted octanol–water partition coefficient (Wildman–Crippen LogP) is 2.33. The fourth-order valence-corrected chi connectivity index (χ4v) is 3.66. The molecule has 5 heteroatoms. The molecule has 0 spiro atoms. The van der Waals surface area contributed by atoms with Gasteiger partial charge in [-0.1, -0.05) is 24.3 Å². The first-order valence-corrected chi connectivity index (χ1v) is 8.43. The van der Waals surface area contributed by atoms with Crippen molar-refractivity contribution in [3.63, 3.8) is 0 Å². The van der Waals surface area contributed by atoms with E-state index in [4.69, 9.17) is 0 Å². The number of nitrogens with one attached hydrogen (secondary N) is 1. The third-order valence-corrected chi connectivity index (χ3v) is 4.96. The Labute approximate surface area is 134 Å². The fourth-order valence-electron chi connectivity index (χ4n) is 3.04. The minimum absolute atomic E-state index is 0.0956. The minimum Gasteiger partial charge on any atom is -0.383 e. The van der Waals surface area contributed by atoms with E-state index in [1.54, 1.807) is 11.3 Å². The maximum atomic E-state index is 12.1. The van der Waals surface area contributed by atoms with Gasteiger partial charge in [0.2, 0.25) is 5.91 Å². The largest absolute Gasteiger partial charge is 0.383 e. The first-order valence-electron chi connectivity index (χ1n) is 7.55. The number of carbonyl (C=O) groups excluding carboxylic acids is 1. The molecule has 0 saturated heterocycles. The standard InChI is InChI=1S/C17H20N2O2S/c1-12-19-14(10-22-12)9-16(20)18-11-17(21)8-4-6-13-5-2-3-7-15(13)17/h2-3,5,7,10,21H,4,6,8-9,11H2,1H3,(H,18,20). The van der Waals surface area contributed by atoms with Gasteiger partial charge in [-0.15, -0.1) is 11.3 Å². The molecule has 4 nitrogen and oxygen atoms in total. The van der Waals surface area contributed by atoms with Crippen LogP contribution in [0.1, 0.15) is 34.7 Å². The van der Waals surface area contributed by atoms with Crippen molar-refractivity contribution in [1.29, 1.82) is 0 Å². The summed E-state index contributed by atoms with van der Waals surface area (Å²) in [7, 11) is 0. The van der Waals surface area contributed by atoms with Crippen LogP contribution >= 0.6 is 11.3 Å². The summed E-state index contributed by atoms with van der Waals surface area (Å²) in [5.41, 5.74) is 1.96. The summed E-state index contributed by atoms with van der Waals surface area (Å²) in [6, 6.07) is 7.95. The average Bonchev–Trinajstić information content (AvgIpc) is 2.91. The van der Waals surface area contributed by atoms with Crippen molar-refractivity contribution in [2.45, 2.75) is 38.2 Å². The van der Waals surface area contributed by atoms with Crippen LogP contribution in [-0.2, 0) is 23.2 Å². The van der Waals surface area contributed by atoms with E-state index in [0.29, 0.717) is 6.42 Å². The second kappa shape index (κ2) is 6.18. The molecule has 1 heterocycles. The topological polar surface area (TPSA) is 62.2 Å². The normalized spacial score (nSPS) is 20.5. The summed E-state index contributed by atoms with van der Waals surface area (Å²) in [4.78, 5) is 16.4. The van der Waals surface area contributed by atoms with Crippen LogP contribution in [0.3, 0.4) is 0 Å². The minimum atomic E-state index is -0.956. The highest BCUT2D eigenvalue weighted by Crippen LogP contribution is 2.34. The van der Waals surface area contributed by atoms with Gasteiger partial charge < -0.3 is 10.4 Å². The van der Waals surface area contributed by atoms with Gasteiger partial charge in [0, 0.05) is 5.38 Å². The zero-order valence-corrected chi connectivity index (χ0v) is 13.4. The van der Waals surface area contributed by atoms with Crippen molar-refractivity contribution in [2.75, 3.05) is 6.54 Å². The van der Waals surface area contributed by atoms with Crippen molar-refractivity contribution >= 4 is 17.2 Å². The first kappa shape index (κ1) is 15.2. The van der Waals surface area contributed by atoms with Crippen LogP contribution < -0.4 is 5.32 Å². The second-order valence-electron chi connectivity index (χ2n) is 5.85. The Kier molecular flexibility index (Phi) is 4.27. The number of carbonyl (C=O) groups is 1. The number of fused-ring (bicyclic) bond motifs is 1. The van der Waals surface area contributed by atoms with Crippen molar-refractivity contribution in [1.82, 2.24) is 10.3 Å². The van der Waals surface area contributed by atoms with E-state index in [0.717, 1.165) is 29.1 Å². The summed E-state index contributed by atoms with van der Waals surface area (Å²) in [5.74, 6) is -0.0956. The Bertz CT molecular complexity index is 683. The lowest BCUT2D eigenvalue weighted by atomic mass is 9.79. The maximum absolute atomic E-state index is 12.1. The molecule has 0 aliphatic heterocycles. The molecular formula is C17H20N2O2S. The van der Waals surface area contributed by atoms with E-state index in [9.17, 15) is 9.90 Å². The molecule has 0 radical (unpaired) electrons. The van der Waals surface area contributed by atoms with Crippen molar-refractivity contribution < 1.29 is 9.90 Å². The van der Waals surface area contributed by atoms with Gasteiger partial charge in [-0.25, -0.2) is 4.98 Å². The number of hydrogen-bond donors (Lipinski definition) is 2. The van der Waals surface area contributed by atoms with Crippen LogP contribution in [0.4, 0.5) is 0 Å². The van der Waals surface area contributed by atoms with Gasteiger partial charge in [-0.2, -0.15) is 0 Å². The Hall–Kier alpha value is -1.72. The highest BCUT2D eigenvalue weighted by molar-refractivity contribution is 7.09. The van der Waals surface area contributed by atoms with Gasteiger partial charge in [0.25, 0.3) is 0 Å². The summed E-state index contributed by atoms with van der Waals surface area (Å²) in [6.45, 7) is 2.18. The zero-order chi connectivity index (χ0) is 15.6. The number of rotatable bonds is 4. The van der Waals surface area contributed by atoms with Gasteiger partial charge >= 0.3 is 0 Å². The molecular weight excluding hydrogens is 296 g/mol. The van der Waals surface area contributed by atoms with E-state index >= 15 is 0 Å². The van der Waals surface area contributed by atoms with Crippen LogP contribution in [0.25, 0.3) is 0 Å². The second-order valence-corrected chi connectivity index (χ2v) is 6.92. The van der Waals surface area contributed by atoms with Crippen molar-refractivity contribution in [3.05, 3.63) is 51.5 Å². The van der Waals surface area contributed by atoms with E-state index < -0.39 is 5.60 Å². The predicted molar refractivity (Wildman–Crippen MR) is 86.8 cm³/mol. The molecule has 2 N–H and O–H groups in total. The highest BCUT2D eigenvalue weighted by Gasteiger charge is 2.34. The number of aromatic nitrogens is 1. The molecule has 2 aromatic rings. The molecule has 1 aromatic heterocycles. The molecule has 0 bridgehead atoms. The van der Waals surface area contributed by atoms with Crippen LogP contribution in [-0.4, -0.2) is 22.5 Å². The smallest absolute Gasteiger partial charge is 0.226 e. The highest BCUT2D eigenvalue weighted by atomic mass is 32.1. The van der Waals surface area contributed by atoms with Crippen LogP contribution in [0.5, 0.6) is 0 Å². The first-order chi connectivity index (χ1) is 10.6. The average molecular weight is 316 g/mol. The number of aryl methyl sites for hydroxylation is 2. The molecule has 1 unspecified atom stereocenters. The van der Waals surface area contributed by atoms with E-state index in [1.807, 2.05) is 30.5 Å². The van der Waals surface area contributed by atoms with Gasteiger partial charge in [0.05, 0.1) is 23.7 Å². The number of hydrogen-bond acceptors (Lipinski definition) is 4. The number of aliphatic hydroxyl groups is 1. The molecule has 1 atom stereocenters. The summed E-state index contributed by atoms with van der Waals surface area (Å²) in [6.07, 6.45) is 2.88. The fraction of sp³-hybridized carbons (Fsp3) is 0.412. The van der Waals surface area contributed by atoms with Crippen molar-refractivity contribution in [3.8, 4) is 0 Å². The summed E-state index contributed by atoms with van der Waals surface area (Å²) in [5, 5.41) is 16.6. The van der Waals surface area contributed by atoms with Crippen LogP contribution in [0.15, 0.2) is 29.6 Å². The molecule has 0 fully saturated rings. The molecule has 3 rings (SSSR count). The van der Waals surface area contributed by atoms with Crippen LogP contribution in [0.2, 0.25) is 0 Å². The van der Waals surface area contributed by atoms with E-state index in [2.05, 4.69) is 16.4 Å². The molecule has 116 valence electrons. The maximum Gasteiger partial charge on any atom is 0.226 e. The molecule has 1 aliphatic carbocycles. The van der Waals surface area contributed by atoms with E-state index in [1.165, 1.54) is 5.56 Å². The van der Waals surface area contributed by atoms with Crippen molar-refractivity contribution in [2.24, 2.45) is 0 Å². The number of nitrogens with zero attached hydrogens (tertiary/aromatic N) is 1. The monoisotopic (exact) mass is 316 g/mol. The molecule has 1 aliphatic rings. The third kappa shape index (κ3) is 3.20.